The molecule has 1 aromatic heterocycles. The summed E-state index contributed by atoms with van der Waals surface area (Å²) < 4.78 is 1.67. The standard InChI is InChI=1S/C15H19N5O/c1-20-10-18-14(19-20)7-9-17-15(21)12-6-8-16-13-5-3-2-4-11(12)13/h2-5,10,12,16H,6-9H2,1H3,(H,17,21). The Morgan fingerprint density at radius 3 is 3.14 bits per heavy atom. The molecule has 6 heteroatoms. The summed E-state index contributed by atoms with van der Waals surface area (Å²) in [4.78, 5) is 16.5. The zero-order valence-corrected chi connectivity index (χ0v) is 12.0. The van der Waals surface area contributed by atoms with Crippen molar-refractivity contribution in [2.75, 3.05) is 18.4 Å². The van der Waals surface area contributed by atoms with Crippen molar-refractivity contribution < 1.29 is 4.79 Å². The molecule has 2 aromatic rings. The number of carbonyl (C=O) groups excluding carboxylic acids is 1. The van der Waals surface area contributed by atoms with Gasteiger partial charge in [-0.2, -0.15) is 5.10 Å². The smallest absolute Gasteiger partial charge is 0.227 e. The second kappa shape index (κ2) is 5.95. The number of nitrogens with one attached hydrogen (secondary N) is 2. The Labute approximate surface area is 123 Å². The summed E-state index contributed by atoms with van der Waals surface area (Å²) in [7, 11) is 1.83. The van der Waals surface area contributed by atoms with Crippen LogP contribution in [0.5, 0.6) is 0 Å². The summed E-state index contributed by atoms with van der Waals surface area (Å²) in [6.07, 6.45) is 3.14. The van der Waals surface area contributed by atoms with Gasteiger partial charge in [0.15, 0.2) is 5.82 Å². The number of rotatable bonds is 4. The first-order chi connectivity index (χ1) is 10.2. The van der Waals surface area contributed by atoms with E-state index in [9.17, 15) is 4.79 Å². The number of hydrogen-bond donors (Lipinski definition) is 2. The maximum atomic E-state index is 12.4. The summed E-state index contributed by atoms with van der Waals surface area (Å²) in [5, 5.41) is 10.5. The summed E-state index contributed by atoms with van der Waals surface area (Å²) >= 11 is 0. The van der Waals surface area contributed by atoms with Crippen LogP contribution in [-0.2, 0) is 18.3 Å². The Morgan fingerprint density at radius 2 is 2.33 bits per heavy atom. The van der Waals surface area contributed by atoms with Crippen molar-refractivity contribution in [1.82, 2.24) is 20.1 Å². The van der Waals surface area contributed by atoms with E-state index < -0.39 is 0 Å². The second-order valence-corrected chi connectivity index (χ2v) is 5.23. The molecule has 110 valence electrons. The number of carbonyl (C=O) groups is 1. The number of aryl methyl sites for hydroxylation is 1. The van der Waals surface area contributed by atoms with Crippen LogP contribution in [0.15, 0.2) is 30.6 Å². The maximum Gasteiger partial charge on any atom is 0.227 e. The average Bonchev–Trinajstić information content (AvgIpc) is 2.92. The van der Waals surface area contributed by atoms with Gasteiger partial charge in [-0.05, 0) is 18.1 Å². The number of para-hydroxylation sites is 1. The largest absolute Gasteiger partial charge is 0.385 e. The number of aromatic nitrogens is 3. The monoisotopic (exact) mass is 285 g/mol. The van der Waals surface area contributed by atoms with Crippen molar-refractivity contribution in [1.29, 1.82) is 0 Å². The van der Waals surface area contributed by atoms with E-state index in [2.05, 4.69) is 20.7 Å². The van der Waals surface area contributed by atoms with Gasteiger partial charge in [-0.15, -0.1) is 0 Å². The maximum absolute atomic E-state index is 12.4. The zero-order chi connectivity index (χ0) is 14.7. The van der Waals surface area contributed by atoms with E-state index in [0.29, 0.717) is 13.0 Å². The van der Waals surface area contributed by atoms with Crippen molar-refractivity contribution in [2.24, 2.45) is 7.05 Å². The number of benzene rings is 1. The van der Waals surface area contributed by atoms with Crippen molar-refractivity contribution in [3.8, 4) is 0 Å². The van der Waals surface area contributed by atoms with Crippen LogP contribution in [0, 0.1) is 0 Å². The molecule has 0 aliphatic carbocycles. The number of nitrogens with zero attached hydrogens (tertiary/aromatic N) is 3. The van der Waals surface area contributed by atoms with E-state index in [4.69, 9.17) is 0 Å². The predicted octanol–water partition coefficient (Wildman–Crippen LogP) is 1.07. The molecule has 3 rings (SSSR count). The Balaban J connectivity index is 1.59. The van der Waals surface area contributed by atoms with Crippen LogP contribution in [-0.4, -0.2) is 33.8 Å². The molecule has 0 saturated carbocycles. The topological polar surface area (TPSA) is 71.8 Å². The molecule has 0 bridgehead atoms. The Kier molecular flexibility index (Phi) is 3.85. The van der Waals surface area contributed by atoms with Crippen molar-refractivity contribution >= 4 is 11.6 Å². The summed E-state index contributed by atoms with van der Waals surface area (Å²) in [5.41, 5.74) is 2.15. The third-order valence-electron chi connectivity index (χ3n) is 3.70. The minimum absolute atomic E-state index is 0.0702. The Morgan fingerprint density at radius 1 is 1.48 bits per heavy atom. The van der Waals surface area contributed by atoms with E-state index in [1.807, 2.05) is 31.3 Å². The van der Waals surface area contributed by atoms with Gasteiger partial charge in [-0.25, -0.2) is 4.98 Å². The number of amides is 1. The molecule has 1 unspecified atom stereocenters. The van der Waals surface area contributed by atoms with Gasteiger partial charge in [0.1, 0.15) is 6.33 Å². The second-order valence-electron chi connectivity index (χ2n) is 5.23. The first-order valence-electron chi connectivity index (χ1n) is 7.19. The number of fused-ring (bicyclic) bond motifs is 1. The van der Waals surface area contributed by atoms with Gasteiger partial charge in [0, 0.05) is 32.2 Å². The van der Waals surface area contributed by atoms with Crippen LogP contribution in [0.25, 0.3) is 0 Å². The van der Waals surface area contributed by atoms with Gasteiger partial charge < -0.3 is 10.6 Å². The highest BCUT2D eigenvalue weighted by Gasteiger charge is 2.25. The molecule has 1 amide bonds. The normalized spacial score (nSPS) is 16.9. The lowest BCUT2D eigenvalue weighted by Gasteiger charge is -2.25. The van der Waals surface area contributed by atoms with Crippen molar-refractivity contribution in [2.45, 2.75) is 18.8 Å². The molecule has 0 fully saturated rings. The van der Waals surface area contributed by atoms with Crippen molar-refractivity contribution in [3.63, 3.8) is 0 Å². The quantitative estimate of drug-likeness (QED) is 0.881. The molecule has 2 N–H and O–H groups in total. The first kappa shape index (κ1) is 13.6. The molecule has 0 saturated heterocycles. The molecule has 6 nitrogen and oxygen atoms in total. The fourth-order valence-corrected chi connectivity index (χ4v) is 2.66. The molecule has 1 aromatic carbocycles. The Bertz CT molecular complexity index is 636. The summed E-state index contributed by atoms with van der Waals surface area (Å²) in [6.45, 7) is 1.39. The first-order valence-corrected chi connectivity index (χ1v) is 7.19. The van der Waals surface area contributed by atoms with E-state index in [1.165, 1.54) is 0 Å². The molecule has 1 atom stereocenters. The molecular formula is C15H19N5O. The summed E-state index contributed by atoms with van der Waals surface area (Å²) in [5.74, 6) is 0.766. The van der Waals surface area contributed by atoms with Gasteiger partial charge in [0.25, 0.3) is 0 Å². The van der Waals surface area contributed by atoms with E-state index in [1.54, 1.807) is 11.0 Å². The molecule has 21 heavy (non-hydrogen) atoms. The highest BCUT2D eigenvalue weighted by Crippen LogP contribution is 2.31. The van der Waals surface area contributed by atoms with E-state index in [-0.39, 0.29) is 11.8 Å². The molecule has 1 aliphatic heterocycles. The SMILES string of the molecule is Cn1cnc(CCNC(=O)C2CCNc3ccccc32)n1. The highest BCUT2D eigenvalue weighted by molar-refractivity contribution is 5.86. The van der Waals surface area contributed by atoms with Crippen LogP contribution in [0.3, 0.4) is 0 Å². The molecule has 0 radical (unpaired) electrons. The minimum atomic E-state index is -0.0702. The predicted molar refractivity (Wildman–Crippen MR) is 80.0 cm³/mol. The van der Waals surface area contributed by atoms with E-state index >= 15 is 0 Å². The fraction of sp³-hybridized carbons (Fsp3) is 0.400. The third-order valence-corrected chi connectivity index (χ3v) is 3.70. The average molecular weight is 285 g/mol. The Hall–Kier alpha value is -2.37. The van der Waals surface area contributed by atoms with Crippen molar-refractivity contribution in [3.05, 3.63) is 42.0 Å². The fourth-order valence-electron chi connectivity index (χ4n) is 2.66. The lowest BCUT2D eigenvalue weighted by atomic mass is 9.90. The zero-order valence-electron chi connectivity index (χ0n) is 12.0. The van der Waals surface area contributed by atoms with Gasteiger partial charge in [-0.3, -0.25) is 9.48 Å². The lowest BCUT2D eigenvalue weighted by molar-refractivity contribution is -0.122. The molecule has 1 aliphatic rings. The van der Waals surface area contributed by atoms with Gasteiger partial charge in [0.2, 0.25) is 5.91 Å². The molecule has 2 heterocycles. The highest BCUT2D eigenvalue weighted by atomic mass is 16.1. The van der Waals surface area contributed by atoms with E-state index in [0.717, 1.165) is 30.0 Å². The molecule has 0 spiro atoms. The van der Waals surface area contributed by atoms with Crippen LogP contribution < -0.4 is 10.6 Å². The molecular weight excluding hydrogens is 266 g/mol. The van der Waals surface area contributed by atoms with Crippen LogP contribution >= 0.6 is 0 Å². The van der Waals surface area contributed by atoms with Gasteiger partial charge in [-0.1, -0.05) is 18.2 Å². The number of anilines is 1. The minimum Gasteiger partial charge on any atom is -0.385 e. The van der Waals surface area contributed by atoms with Crippen LogP contribution in [0.4, 0.5) is 5.69 Å². The summed E-state index contributed by atoms with van der Waals surface area (Å²) in [6, 6.07) is 8.00. The third kappa shape index (κ3) is 3.04. The van der Waals surface area contributed by atoms with Crippen LogP contribution in [0.2, 0.25) is 0 Å². The van der Waals surface area contributed by atoms with Gasteiger partial charge >= 0.3 is 0 Å². The van der Waals surface area contributed by atoms with Gasteiger partial charge in [0.05, 0.1) is 5.92 Å². The van der Waals surface area contributed by atoms with Crippen LogP contribution in [0.1, 0.15) is 23.7 Å². The lowest BCUT2D eigenvalue weighted by Crippen LogP contribution is -2.34. The number of hydrogen-bond acceptors (Lipinski definition) is 4.